The second-order valence-electron chi connectivity index (χ2n) is 8.94. The molecule has 0 saturated heterocycles. The van der Waals surface area contributed by atoms with Crippen molar-refractivity contribution in [2.24, 2.45) is 0 Å². The standard InChI is InChI=1S/C32H27BrClN3O5S/c1-41-28-18-29(42-2)26(17-25(28)34)36-30(38)19-43-24-13-11-23(12-14-24)35-32(40)27(16-20-7-6-10-22(33)15-20)37-31(39)21-8-4-3-5-9-21/h3-18H,19H2,1-2H3,(H,35,40)(H,36,38)(H,37,39)/b27-16-. The zero-order valence-electron chi connectivity index (χ0n) is 23.2. The quantitative estimate of drug-likeness (QED) is 0.114. The van der Waals surface area contributed by atoms with Crippen molar-refractivity contribution in [3.63, 3.8) is 0 Å². The first-order chi connectivity index (χ1) is 20.7. The minimum absolute atomic E-state index is 0.0798. The van der Waals surface area contributed by atoms with Crippen molar-refractivity contribution < 1.29 is 23.9 Å². The Morgan fingerprint density at radius 3 is 2.26 bits per heavy atom. The van der Waals surface area contributed by atoms with Gasteiger partial charge in [0.25, 0.3) is 11.8 Å². The van der Waals surface area contributed by atoms with Gasteiger partial charge in [0, 0.05) is 26.7 Å². The maximum Gasteiger partial charge on any atom is 0.272 e. The molecular weight excluding hydrogens is 654 g/mol. The van der Waals surface area contributed by atoms with Gasteiger partial charge in [-0.1, -0.05) is 57.9 Å². The molecule has 4 aromatic rings. The van der Waals surface area contributed by atoms with Gasteiger partial charge in [-0.2, -0.15) is 0 Å². The number of carbonyl (C=O) groups is 3. The van der Waals surface area contributed by atoms with Gasteiger partial charge < -0.3 is 25.4 Å². The van der Waals surface area contributed by atoms with Crippen molar-refractivity contribution in [1.29, 1.82) is 0 Å². The Bertz CT molecular complexity index is 1650. The van der Waals surface area contributed by atoms with E-state index in [2.05, 4.69) is 31.9 Å². The Hall–Kier alpha value is -4.25. The molecule has 8 nitrogen and oxygen atoms in total. The highest BCUT2D eigenvalue weighted by molar-refractivity contribution is 9.10. The number of thioether (sulfide) groups is 1. The number of amides is 3. The van der Waals surface area contributed by atoms with Crippen LogP contribution < -0.4 is 25.4 Å². The van der Waals surface area contributed by atoms with Gasteiger partial charge in [0.05, 0.1) is 30.7 Å². The number of carbonyl (C=O) groups excluding carboxylic acids is 3. The summed E-state index contributed by atoms with van der Waals surface area (Å²) in [4.78, 5) is 39.5. The Morgan fingerprint density at radius 1 is 0.860 bits per heavy atom. The van der Waals surface area contributed by atoms with Crippen LogP contribution in [0.4, 0.5) is 11.4 Å². The highest BCUT2D eigenvalue weighted by Crippen LogP contribution is 2.36. The predicted octanol–water partition coefficient (Wildman–Crippen LogP) is 7.26. The van der Waals surface area contributed by atoms with Crippen LogP contribution in [0.1, 0.15) is 15.9 Å². The predicted molar refractivity (Wildman–Crippen MR) is 175 cm³/mol. The second kappa shape index (κ2) is 15.3. The number of halogens is 2. The fourth-order valence-corrected chi connectivity index (χ4v) is 5.19. The third kappa shape index (κ3) is 9.12. The molecule has 0 spiro atoms. The van der Waals surface area contributed by atoms with Crippen LogP contribution in [-0.2, 0) is 9.59 Å². The van der Waals surface area contributed by atoms with Crippen LogP contribution in [0.2, 0.25) is 5.02 Å². The lowest BCUT2D eigenvalue weighted by Crippen LogP contribution is -2.30. The molecule has 4 aromatic carbocycles. The monoisotopic (exact) mass is 679 g/mol. The largest absolute Gasteiger partial charge is 0.495 e. The molecule has 4 rings (SSSR count). The molecule has 0 aliphatic heterocycles. The van der Waals surface area contributed by atoms with Crippen molar-refractivity contribution in [3.8, 4) is 11.5 Å². The molecule has 220 valence electrons. The number of nitrogens with one attached hydrogen (secondary N) is 3. The summed E-state index contributed by atoms with van der Waals surface area (Å²) < 4.78 is 11.4. The van der Waals surface area contributed by atoms with Crippen molar-refractivity contribution in [1.82, 2.24) is 5.32 Å². The number of hydrogen-bond acceptors (Lipinski definition) is 6. The van der Waals surface area contributed by atoms with Crippen LogP contribution in [-0.4, -0.2) is 37.7 Å². The SMILES string of the molecule is COc1cc(OC)c(NC(=O)CSc2ccc(NC(=O)/C(=C/c3cccc(Br)c3)NC(=O)c3ccccc3)cc2)cc1Cl. The molecular formula is C32H27BrClN3O5S. The van der Waals surface area contributed by atoms with E-state index in [4.69, 9.17) is 21.1 Å². The van der Waals surface area contributed by atoms with E-state index in [-0.39, 0.29) is 17.4 Å². The summed E-state index contributed by atoms with van der Waals surface area (Å²) >= 11 is 10.9. The summed E-state index contributed by atoms with van der Waals surface area (Å²) in [6.45, 7) is 0. The molecule has 0 saturated carbocycles. The highest BCUT2D eigenvalue weighted by atomic mass is 79.9. The van der Waals surface area contributed by atoms with E-state index >= 15 is 0 Å². The molecule has 3 amide bonds. The Balaban J connectivity index is 1.40. The van der Waals surface area contributed by atoms with Crippen LogP contribution in [0.5, 0.6) is 11.5 Å². The van der Waals surface area contributed by atoms with Gasteiger partial charge in [-0.3, -0.25) is 14.4 Å². The van der Waals surface area contributed by atoms with Crippen LogP contribution in [0.15, 0.2) is 106 Å². The molecule has 0 unspecified atom stereocenters. The van der Waals surface area contributed by atoms with E-state index in [1.807, 2.05) is 30.3 Å². The van der Waals surface area contributed by atoms with E-state index in [0.717, 1.165) is 14.9 Å². The van der Waals surface area contributed by atoms with Crippen LogP contribution in [0.25, 0.3) is 6.08 Å². The zero-order chi connectivity index (χ0) is 30.8. The van der Waals surface area contributed by atoms with Crippen LogP contribution in [0.3, 0.4) is 0 Å². The summed E-state index contributed by atoms with van der Waals surface area (Å²) in [5.74, 6) is -0.157. The molecule has 0 bridgehead atoms. The number of ether oxygens (including phenoxy) is 2. The molecule has 0 heterocycles. The average molecular weight is 681 g/mol. The van der Waals surface area contributed by atoms with Crippen molar-refractivity contribution in [2.75, 3.05) is 30.6 Å². The lowest BCUT2D eigenvalue weighted by atomic mass is 10.1. The topological polar surface area (TPSA) is 106 Å². The first-order valence-corrected chi connectivity index (χ1v) is 15.0. The van der Waals surface area contributed by atoms with E-state index in [0.29, 0.717) is 33.5 Å². The van der Waals surface area contributed by atoms with Gasteiger partial charge in [0.15, 0.2) is 0 Å². The normalized spacial score (nSPS) is 10.9. The van der Waals surface area contributed by atoms with Crippen molar-refractivity contribution in [2.45, 2.75) is 4.90 Å². The Morgan fingerprint density at radius 2 is 1.58 bits per heavy atom. The zero-order valence-corrected chi connectivity index (χ0v) is 26.3. The van der Waals surface area contributed by atoms with Gasteiger partial charge in [-0.05, 0) is 66.2 Å². The molecule has 0 aliphatic carbocycles. The summed E-state index contributed by atoms with van der Waals surface area (Å²) in [5, 5.41) is 8.70. The van der Waals surface area contributed by atoms with Crippen LogP contribution >= 0.6 is 39.3 Å². The van der Waals surface area contributed by atoms with Gasteiger partial charge >= 0.3 is 0 Å². The number of anilines is 2. The smallest absolute Gasteiger partial charge is 0.272 e. The number of hydrogen-bond donors (Lipinski definition) is 3. The first-order valence-electron chi connectivity index (χ1n) is 12.8. The molecule has 0 aromatic heterocycles. The summed E-state index contributed by atoms with van der Waals surface area (Å²) in [6, 6.07) is 26.2. The maximum absolute atomic E-state index is 13.3. The molecule has 0 aliphatic rings. The molecule has 43 heavy (non-hydrogen) atoms. The molecule has 11 heteroatoms. The second-order valence-corrected chi connectivity index (χ2v) is 11.3. The van der Waals surface area contributed by atoms with Gasteiger partial charge in [0.1, 0.15) is 17.2 Å². The minimum atomic E-state index is -0.490. The van der Waals surface area contributed by atoms with Crippen LogP contribution in [0, 0.1) is 0 Å². The first kappa shape index (κ1) is 31.7. The molecule has 0 fully saturated rings. The number of rotatable bonds is 11. The summed E-state index contributed by atoms with van der Waals surface area (Å²) in [7, 11) is 2.99. The lowest BCUT2D eigenvalue weighted by Gasteiger charge is -2.13. The summed E-state index contributed by atoms with van der Waals surface area (Å²) in [5.41, 5.74) is 2.19. The van der Waals surface area contributed by atoms with E-state index < -0.39 is 11.8 Å². The minimum Gasteiger partial charge on any atom is -0.495 e. The van der Waals surface area contributed by atoms with Gasteiger partial charge in [-0.15, -0.1) is 11.8 Å². The number of benzene rings is 4. The third-order valence-corrected chi connectivity index (χ3v) is 7.72. The summed E-state index contributed by atoms with van der Waals surface area (Å²) in [6.07, 6.45) is 1.61. The average Bonchev–Trinajstić information content (AvgIpc) is 3.01. The lowest BCUT2D eigenvalue weighted by molar-refractivity contribution is -0.114. The molecule has 0 radical (unpaired) electrons. The fraction of sp³-hybridized carbons (Fsp3) is 0.0938. The van der Waals surface area contributed by atoms with E-state index in [1.165, 1.54) is 26.0 Å². The van der Waals surface area contributed by atoms with E-state index in [9.17, 15) is 14.4 Å². The molecule has 3 N–H and O–H groups in total. The highest BCUT2D eigenvalue weighted by Gasteiger charge is 2.16. The fourth-order valence-electron chi connectivity index (χ4n) is 3.83. The van der Waals surface area contributed by atoms with Crippen molar-refractivity contribution >= 4 is 74.5 Å². The van der Waals surface area contributed by atoms with Crippen molar-refractivity contribution in [3.05, 3.63) is 117 Å². The van der Waals surface area contributed by atoms with Gasteiger partial charge in [-0.25, -0.2) is 0 Å². The maximum atomic E-state index is 13.3. The Labute approximate surface area is 266 Å². The Kier molecular flexibility index (Phi) is 11.3. The van der Waals surface area contributed by atoms with Gasteiger partial charge in [0.2, 0.25) is 5.91 Å². The third-order valence-electron chi connectivity index (χ3n) is 5.92. The van der Waals surface area contributed by atoms with E-state index in [1.54, 1.807) is 66.7 Å². The molecule has 0 atom stereocenters. The number of methoxy groups -OCH3 is 2.